The quantitative estimate of drug-likeness (QED) is 0.687. The Balaban J connectivity index is 1.50. The lowest BCUT2D eigenvalue weighted by Crippen LogP contribution is -3.11. The first-order valence-electron chi connectivity index (χ1n) is 8.36. The van der Waals surface area contributed by atoms with Crippen LogP contribution in [0.4, 0.5) is 4.39 Å². The minimum Gasteiger partial charge on any atom is -0.359 e. The maximum Gasteiger partial charge on any atom is 0.166 e. The van der Waals surface area contributed by atoms with Gasteiger partial charge in [0.25, 0.3) is 0 Å². The fourth-order valence-electron chi connectivity index (χ4n) is 3.16. The van der Waals surface area contributed by atoms with E-state index in [2.05, 4.69) is 28.1 Å². The summed E-state index contributed by atoms with van der Waals surface area (Å²) in [6.07, 6.45) is 2.62. The number of thiocarbonyl (C=S) groups is 1. The molecule has 2 aromatic rings. The number of likely N-dealkylation sites (tertiary alicyclic amines) is 1. The maximum atomic E-state index is 12.9. The summed E-state index contributed by atoms with van der Waals surface area (Å²) in [6, 6.07) is 11.3. The van der Waals surface area contributed by atoms with Crippen LogP contribution in [0.5, 0.6) is 0 Å². The molecule has 0 saturated carbocycles. The summed E-state index contributed by atoms with van der Waals surface area (Å²) in [4.78, 5) is 3.06. The van der Waals surface area contributed by atoms with Crippen LogP contribution in [-0.4, -0.2) is 24.7 Å². The Morgan fingerprint density at radius 1 is 1.17 bits per heavy atom. The van der Waals surface area contributed by atoms with Gasteiger partial charge in [0.1, 0.15) is 11.9 Å². The number of thiophene rings is 1. The SMILES string of the molecule is Fc1ccc(CNC(=S)NC[C@H](c2cccs2)[NH+]2CCCC2)cc1. The minimum atomic E-state index is -0.216. The Kier molecular flexibility index (Phi) is 6.18. The fourth-order valence-corrected chi connectivity index (χ4v) is 4.20. The molecule has 0 aliphatic carbocycles. The lowest BCUT2D eigenvalue weighted by atomic mass is 10.2. The molecule has 24 heavy (non-hydrogen) atoms. The van der Waals surface area contributed by atoms with E-state index in [4.69, 9.17) is 12.2 Å². The molecule has 0 bridgehead atoms. The van der Waals surface area contributed by atoms with Crippen molar-refractivity contribution in [3.05, 3.63) is 58.0 Å². The standard InChI is InChI=1S/C18H22FN3S2/c19-15-7-5-14(6-8-15)12-20-18(23)21-13-16(17-4-3-11-24-17)22-9-1-2-10-22/h3-8,11,16H,1-2,9-10,12-13H2,(H2,20,21,23)/p+1/t16-/m1/s1. The van der Waals surface area contributed by atoms with Crippen LogP contribution in [0.3, 0.4) is 0 Å². The summed E-state index contributed by atoms with van der Waals surface area (Å²) in [7, 11) is 0. The van der Waals surface area contributed by atoms with Crippen molar-refractivity contribution >= 4 is 28.7 Å². The molecule has 3 rings (SSSR count). The van der Waals surface area contributed by atoms with E-state index in [0.29, 0.717) is 17.7 Å². The van der Waals surface area contributed by atoms with E-state index in [0.717, 1.165) is 12.1 Å². The molecule has 128 valence electrons. The third-order valence-electron chi connectivity index (χ3n) is 4.46. The summed E-state index contributed by atoms with van der Waals surface area (Å²) < 4.78 is 12.9. The zero-order chi connectivity index (χ0) is 16.8. The van der Waals surface area contributed by atoms with Crippen molar-refractivity contribution in [1.82, 2.24) is 10.6 Å². The van der Waals surface area contributed by atoms with Crippen molar-refractivity contribution in [1.29, 1.82) is 0 Å². The highest BCUT2D eigenvalue weighted by atomic mass is 32.1. The van der Waals surface area contributed by atoms with Crippen LogP contribution in [0.15, 0.2) is 41.8 Å². The van der Waals surface area contributed by atoms with Crippen LogP contribution in [0.25, 0.3) is 0 Å². The van der Waals surface area contributed by atoms with Crippen LogP contribution in [0.1, 0.15) is 29.3 Å². The summed E-state index contributed by atoms with van der Waals surface area (Å²) >= 11 is 7.22. The smallest absolute Gasteiger partial charge is 0.166 e. The van der Waals surface area contributed by atoms with Crippen molar-refractivity contribution < 1.29 is 9.29 Å². The van der Waals surface area contributed by atoms with E-state index in [-0.39, 0.29) is 5.82 Å². The Labute approximate surface area is 151 Å². The monoisotopic (exact) mass is 364 g/mol. The van der Waals surface area contributed by atoms with Gasteiger partial charge >= 0.3 is 0 Å². The number of nitrogens with one attached hydrogen (secondary N) is 3. The van der Waals surface area contributed by atoms with Crippen molar-refractivity contribution in [2.24, 2.45) is 0 Å². The van der Waals surface area contributed by atoms with E-state index in [1.165, 1.54) is 42.9 Å². The van der Waals surface area contributed by atoms with Gasteiger partial charge in [-0.15, -0.1) is 11.3 Å². The second-order valence-corrected chi connectivity index (χ2v) is 7.51. The lowest BCUT2D eigenvalue weighted by molar-refractivity contribution is -0.918. The normalized spacial score (nSPS) is 16.0. The van der Waals surface area contributed by atoms with Crippen LogP contribution in [0.2, 0.25) is 0 Å². The predicted molar refractivity (Wildman–Crippen MR) is 101 cm³/mol. The Morgan fingerprint density at radius 2 is 1.92 bits per heavy atom. The number of halogens is 1. The Bertz CT molecular complexity index is 637. The molecule has 1 aliphatic heterocycles. The molecule has 1 saturated heterocycles. The molecule has 0 radical (unpaired) electrons. The molecule has 1 atom stereocenters. The van der Waals surface area contributed by atoms with Crippen molar-refractivity contribution in [3.63, 3.8) is 0 Å². The van der Waals surface area contributed by atoms with E-state index in [1.54, 1.807) is 17.0 Å². The molecule has 1 aromatic heterocycles. The van der Waals surface area contributed by atoms with Gasteiger partial charge in [-0.25, -0.2) is 4.39 Å². The first-order valence-corrected chi connectivity index (χ1v) is 9.65. The van der Waals surface area contributed by atoms with Gasteiger partial charge in [-0.1, -0.05) is 18.2 Å². The zero-order valence-corrected chi connectivity index (χ0v) is 15.2. The van der Waals surface area contributed by atoms with Crippen LogP contribution < -0.4 is 15.5 Å². The highest BCUT2D eigenvalue weighted by molar-refractivity contribution is 7.80. The summed E-state index contributed by atoms with van der Waals surface area (Å²) in [5.41, 5.74) is 1.01. The van der Waals surface area contributed by atoms with Gasteiger partial charge < -0.3 is 15.5 Å². The van der Waals surface area contributed by atoms with E-state index < -0.39 is 0 Å². The van der Waals surface area contributed by atoms with E-state index >= 15 is 0 Å². The molecular formula is C18H23FN3S2+. The number of benzene rings is 1. The first kappa shape index (κ1) is 17.3. The lowest BCUT2D eigenvalue weighted by Gasteiger charge is -2.24. The maximum absolute atomic E-state index is 12.9. The minimum absolute atomic E-state index is 0.216. The molecular weight excluding hydrogens is 341 g/mol. The molecule has 1 aliphatic rings. The average molecular weight is 365 g/mol. The molecule has 3 nitrogen and oxygen atoms in total. The third kappa shape index (κ3) is 4.75. The van der Waals surface area contributed by atoms with E-state index in [9.17, 15) is 4.39 Å². The highest BCUT2D eigenvalue weighted by Gasteiger charge is 2.28. The largest absolute Gasteiger partial charge is 0.359 e. The summed E-state index contributed by atoms with van der Waals surface area (Å²) in [5.74, 6) is -0.216. The van der Waals surface area contributed by atoms with Crippen molar-refractivity contribution in [2.75, 3.05) is 19.6 Å². The van der Waals surface area contributed by atoms with Crippen molar-refractivity contribution in [3.8, 4) is 0 Å². The zero-order valence-electron chi connectivity index (χ0n) is 13.6. The van der Waals surface area contributed by atoms with Crippen LogP contribution >= 0.6 is 23.6 Å². The van der Waals surface area contributed by atoms with Gasteiger partial charge in [-0.2, -0.15) is 0 Å². The van der Waals surface area contributed by atoms with Crippen LogP contribution in [0, 0.1) is 5.82 Å². The van der Waals surface area contributed by atoms with Gasteiger partial charge in [0.05, 0.1) is 24.5 Å². The number of hydrogen-bond donors (Lipinski definition) is 3. The van der Waals surface area contributed by atoms with Gasteiger partial charge in [0.2, 0.25) is 0 Å². The van der Waals surface area contributed by atoms with Crippen molar-refractivity contribution in [2.45, 2.75) is 25.4 Å². The molecule has 3 N–H and O–H groups in total. The molecule has 1 aromatic carbocycles. The van der Waals surface area contributed by atoms with Gasteiger partial charge in [0, 0.05) is 19.4 Å². The second kappa shape index (κ2) is 8.55. The predicted octanol–water partition coefficient (Wildman–Crippen LogP) is 2.27. The number of quaternary nitrogens is 1. The second-order valence-electron chi connectivity index (χ2n) is 6.12. The van der Waals surface area contributed by atoms with Crippen LogP contribution in [-0.2, 0) is 6.54 Å². The topological polar surface area (TPSA) is 28.5 Å². The van der Waals surface area contributed by atoms with Gasteiger partial charge in [0.15, 0.2) is 5.11 Å². The Morgan fingerprint density at radius 3 is 2.58 bits per heavy atom. The number of hydrogen-bond acceptors (Lipinski definition) is 2. The van der Waals surface area contributed by atoms with E-state index in [1.807, 2.05) is 11.3 Å². The molecule has 0 spiro atoms. The molecule has 0 amide bonds. The average Bonchev–Trinajstić information content (AvgIpc) is 3.29. The number of rotatable bonds is 6. The molecule has 1 fully saturated rings. The fraction of sp³-hybridized carbons (Fsp3) is 0.389. The molecule has 6 heteroatoms. The first-order chi connectivity index (χ1) is 11.7. The Hall–Kier alpha value is -1.50. The van der Waals surface area contributed by atoms with Gasteiger partial charge in [-0.3, -0.25) is 0 Å². The molecule has 2 heterocycles. The summed E-state index contributed by atoms with van der Waals surface area (Å²) in [5, 5.41) is 9.36. The highest BCUT2D eigenvalue weighted by Crippen LogP contribution is 2.17. The molecule has 0 unspecified atom stereocenters. The third-order valence-corrected chi connectivity index (χ3v) is 5.73. The summed E-state index contributed by atoms with van der Waals surface area (Å²) in [6.45, 7) is 3.91. The van der Waals surface area contributed by atoms with Gasteiger partial charge in [-0.05, 0) is 41.4 Å².